The van der Waals surface area contributed by atoms with E-state index in [-0.39, 0.29) is 0 Å². The minimum absolute atomic E-state index is 0.626. The van der Waals surface area contributed by atoms with Crippen LogP contribution < -0.4 is 0 Å². The van der Waals surface area contributed by atoms with Crippen molar-refractivity contribution in [1.29, 1.82) is 0 Å². The molecule has 46 heavy (non-hydrogen) atoms. The molecule has 0 fully saturated rings. The summed E-state index contributed by atoms with van der Waals surface area (Å²) in [6.45, 7) is 15.5. The monoisotopic (exact) mass is 639 g/mol. The van der Waals surface area contributed by atoms with Gasteiger partial charge in [-0.05, 0) is 82.5 Å². The van der Waals surface area contributed by atoms with Crippen LogP contribution in [0.5, 0.6) is 0 Å². The van der Waals surface area contributed by atoms with Crippen LogP contribution in [-0.2, 0) is 0 Å². The molecular weight excluding hydrogens is 553 g/mol. The maximum atomic E-state index is 3.92. The standard InChI is InChI=1S/C46H86/c1-5-9-13-17-21-24-26-29-33-37-41-45-46(42-38-34-30-20-16-12-8-4,43-39-35-31-27-23-19-15-11-7-3)44-40-36-32-28-25-22-18-14-10-6-2/h5-8H,1-4,9-45H2. The highest BCUT2D eigenvalue weighted by atomic mass is 14.3. The van der Waals surface area contributed by atoms with Crippen molar-refractivity contribution < 1.29 is 0 Å². The molecule has 0 N–H and O–H groups in total. The van der Waals surface area contributed by atoms with Gasteiger partial charge in [0.15, 0.2) is 0 Å². The molecule has 0 bridgehead atoms. The fourth-order valence-electron chi connectivity index (χ4n) is 7.62. The van der Waals surface area contributed by atoms with Crippen LogP contribution in [0, 0.1) is 5.41 Å². The average Bonchev–Trinajstić information content (AvgIpc) is 3.06. The summed E-state index contributed by atoms with van der Waals surface area (Å²) in [5.74, 6) is 0. The van der Waals surface area contributed by atoms with E-state index in [2.05, 4.69) is 50.6 Å². The zero-order valence-electron chi connectivity index (χ0n) is 31.8. The molecule has 0 aromatic carbocycles. The molecule has 1 atom stereocenters. The van der Waals surface area contributed by atoms with Crippen LogP contribution in [0.15, 0.2) is 50.6 Å². The molecule has 0 aromatic heterocycles. The number of unbranched alkanes of at least 4 members (excludes halogenated alkanes) is 29. The van der Waals surface area contributed by atoms with Gasteiger partial charge in [0.05, 0.1) is 0 Å². The van der Waals surface area contributed by atoms with Crippen LogP contribution in [0.2, 0.25) is 0 Å². The van der Waals surface area contributed by atoms with Crippen LogP contribution in [-0.4, -0.2) is 0 Å². The van der Waals surface area contributed by atoms with Crippen LogP contribution in [0.25, 0.3) is 0 Å². The van der Waals surface area contributed by atoms with Gasteiger partial charge in [-0.2, -0.15) is 0 Å². The lowest BCUT2D eigenvalue weighted by Crippen LogP contribution is -2.21. The topological polar surface area (TPSA) is 0 Å². The molecule has 0 aliphatic rings. The third kappa shape index (κ3) is 32.9. The maximum absolute atomic E-state index is 3.92. The van der Waals surface area contributed by atoms with Crippen molar-refractivity contribution in [1.82, 2.24) is 0 Å². The van der Waals surface area contributed by atoms with Crippen molar-refractivity contribution in [2.24, 2.45) is 5.41 Å². The summed E-state index contributed by atoms with van der Waals surface area (Å²) >= 11 is 0. The summed E-state index contributed by atoms with van der Waals surface area (Å²) in [5.41, 5.74) is 0.626. The Bertz CT molecular complexity index is 628. The molecular formula is C46H86. The normalized spacial score (nSPS) is 12.6. The Hall–Kier alpha value is -1.04. The Balaban J connectivity index is 4.83. The fourth-order valence-corrected chi connectivity index (χ4v) is 7.62. The Morgan fingerprint density at radius 2 is 0.370 bits per heavy atom. The largest absolute Gasteiger partial charge is 0.103 e. The van der Waals surface area contributed by atoms with E-state index in [0.717, 1.165) is 0 Å². The smallest absolute Gasteiger partial charge is 0.0297 e. The molecule has 270 valence electrons. The Kier molecular flexibility index (Phi) is 37.5. The molecule has 0 amide bonds. The molecule has 0 saturated carbocycles. The van der Waals surface area contributed by atoms with E-state index in [1.165, 1.54) is 238 Å². The van der Waals surface area contributed by atoms with Crippen LogP contribution in [0.3, 0.4) is 0 Å². The number of hydrogen-bond donors (Lipinski definition) is 0. The summed E-state index contributed by atoms with van der Waals surface area (Å²) in [6, 6.07) is 0. The first-order chi connectivity index (χ1) is 22.7. The SMILES string of the molecule is C=CCCCCCCCCCCCC(CCCCCCCC=C)(CCCCCCCCCC=C)CCCCCCCCCCC=C. The quantitative estimate of drug-likeness (QED) is 0.0462. The summed E-state index contributed by atoms with van der Waals surface area (Å²) in [4.78, 5) is 0. The van der Waals surface area contributed by atoms with Gasteiger partial charge in [-0.1, -0.05) is 185 Å². The van der Waals surface area contributed by atoms with Crippen molar-refractivity contribution in [3.63, 3.8) is 0 Å². The molecule has 0 spiro atoms. The van der Waals surface area contributed by atoms with Crippen molar-refractivity contribution in [3.05, 3.63) is 50.6 Å². The summed E-state index contributed by atoms with van der Waals surface area (Å²) < 4.78 is 0. The highest BCUT2D eigenvalue weighted by Gasteiger charge is 2.28. The summed E-state index contributed by atoms with van der Waals surface area (Å²) in [5, 5.41) is 0. The maximum Gasteiger partial charge on any atom is -0.0297 e. The van der Waals surface area contributed by atoms with E-state index in [1.807, 2.05) is 0 Å². The predicted octanol–water partition coefficient (Wildman–Crippen LogP) is 17.2. The van der Waals surface area contributed by atoms with Gasteiger partial charge < -0.3 is 0 Å². The van der Waals surface area contributed by atoms with Crippen molar-refractivity contribution in [3.8, 4) is 0 Å². The Morgan fingerprint density at radius 3 is 0.543 bits per heavy atom. The molecule has 0 rings (SSSR count). The summed E-state index contributed by atoms with van der Waals surface area (Å²) in [6.07, 6.45) is 60.6. The minimum Gasteiger partial charge on any atom is -0.103 e. The second-order valence-corrected chi connectivity index (χ2v) is 15.1. The van der Waals surface area contributed by atoms with Crippen LogP contribution in [0.1, 0.15) is 238 Å². The van der Waals surface area contributed by atoms with E-state index in [0.29, 0.717) is 5.41 Å². The zero-order chi connectivity index (χ0) is 33.5. The predicted molar refractivity (Wildman–Crippen MR) is 214 cm³/mol. The first-order valence-corrected chi connectivity index (χ1v) is 21.2. The number of allylic oxidation sites excluding steroid dienone is 4. The average molecular weight is 639 g/mol. The van der Waals surface area contributed by atoms with Crippen LogP contribution in [0.4, 0.5) is 0 Å². The van der Waals surface area contributed by atoms with Gasteiger partial charge in [-0.25, -0.2) is 0 Å². The third-order valence-electron chi connectivity index (χ3n) is 10.7. The lowest BCUT2D eigenvalue weighted by atomic mass is 9.70. The van der Waals surface area contributed by atoms with E-state index in [9.17, 15) is 0 Å². The van der Waals surface area contributed by atoms with Gasteiger partial charge in [0, 0.05) is 0 Å². The molecule has 0 saturated heterocycles. The second-order valence-electron chi connectivity index (χ2n) is 15.1. The van der Waals surface area contributed by atoms with Crippen molar-refractivity contribution in [2.45, 2.75) is 238 Å². The molecule has 0 heteroatoms. The van der Waals surface area contributed by atoms with E-state index in [1.54, 1.807) is 0 Å². The molecule has 0 radical (unpaired) electrons. The molecule has 0 nitrogen and oxygen atoms in total. The van der Waals surface area contributed by atoms with E-state index < -0.39 is 0 Å². The lowest BCUT2D eigenvalue weighted by Gasteiger charge is -2.35. The molecule has 0 heterocycles. The van der Waals surface area contributed by atoms with Crippen LogP contribution >= 0.6 is 0 Å². The van der Waals surface area contributed by atoms with Crippen molar-refractivity contribution >= 4 is 0 Å². The lowest BCUT2D eigenvalue weighted by molar-refractivity contribution is 0.171. The van der Waals surface area contributed by atoms with Gasteiger partial charge in [0.1, 0.15) is 0 Å². The minimum atomic E-state index is 0.626. The van der Waals surface area contributed by atoms with E-state index >= 15 is 0 Å². The highest BCUT2D eigenvalue weighted by Crippen LogP contribution is 2.42. The first kappa shape index (κ1) is 45.0. The Morgan fingerprint density at radius 1 is 0.217 bits per heavy atom. The fraction of sp³-hybridized carbons (Fsp3) is 0.826. The molecule has 0 aliphatic heterocycles. The molecule has 0 aromatic rings. The first-order valence-electron chi connectivity index (χ1n) is 21.2. The van der Waals surface area contributed by atoms with Gasteiger partial charge in [0.2, 0.25) is 0 Å². The summed E-state index contributed by atoms with van der Waals surface area (Å²) in [7, 11) is 0. The highest BCUT2D eigenvalue weighted by molar-refractivity contribution is 4.80. The zero-order valence-corrected chi connectivity index (χ0v) is 31.8. The van der Waals surface area contributed by atoms with Gasteiger partial charge in [-0.3, -0.25) is 0 Å². The van der Waals surface area contributed by atoms with Gasteiger partial charge in [-0.15, -0.1) is 26.3 Å². The second kappa shape index (κ2) is 38.4. The van der Waals surface area contributed by atoms with Gasteiger partial charge in [0.25, 0.3) is 0 Å². The van der Waals surface area contributed by atoms with Gasteiger partial charge >= 0.3 is 0 Å². The Labute approximate surface area is 292 Å². The number of rotatable bonds is 41. The van der Waals surface area contributed by atoms with Crippen molar-refractivity contribution in [2.75, 3.05) is 0 Å². The number of hydrogen-bond acceptors (Lipinski definition) is 0. The molecule has 0 aliphatic carbocycles. The molecule has 1 unspecified atom stereocenters. The van der Waals surface area contributed by atoms with E-state index in [4.69, 9.17) is 0 Å². The third-order valence-corrected chi connectivity index (χ3v) is 10.7.